The van der Waals surface area contributed by atoms with Gasteiger partial charge in [-0.25, -0.2) is 13.2 Å². The number of rotatable bonds is 2. The Balaban J connectivity index is 2.95. The zero-order valence-corrected chi connectivity index (χ0v) is 11.3. The molecule has 1 aliphatic heterocycles. The Hall–Kier alpha value is -0.760. The second kappa shape index (κ2) is 5.72. The van der Waals surface area contributed by atoms with Gasteiger partial charge in [-0.05, 0) is 0 Å². The van der Waals surface area contributed by atoms with E-state index in [0.717, 1.165) is 12.0 Å². The highest BCUT2D eigenvalue weighted by atomic mass is 32.2. The third kappa shape index (κ3) is 3.12. The van der Waals surface area contributed by atoms with Crippen molar-refractivity contribution in [3.05, 3.63) is 0 Å². The summed E-state index contributed by atoms with van der Waals surface area (Å²) >= 11 is 1.46. The molecule has 0 aromatic heterocycles. The average molecular weight is 281 g/mol. The van der Waals surface area contributed by atoms with Crippen LogP contribution in [0.2, 0.25) is 0 Å². The van der Waals surface area contributed by atoms with Crippen LogP contribution in [-0.2, 0) is 24.2 Å². The monoisotopic (exact) mass is 281 g/mol. The molecule has 1 heterocycles. The van der Waals surface area contributed by atoms with Gasteiger partial charge in [-0.2, -0.15) is 11.8 Å². The lowest BCUT2D eigenvalue weighted by Gasteiger charge is -2.33. The molecule has 1 fully saturated rings. The lowest BCUT2D eigenvalue weighted by atomic mass is 10.4. The van der Waals surface area contributed by atoms with E-state index in [2.05, 4.69) is 4.74 Å². The molecule has 0 spiro atoms. The Kier molecular flexibility index (Phi) is 4.81. The topological polar surface area (TPSA) is 80.8 Å². The highest BCUT2D eigenvalue weighted by Crippen LogP contribution is 2.21. The molecule has 0 aliphatic carbocycles. The van der Waals surface area contributed by atoms with Crippen molar-refractivity contribution in [1.82, 2.24) is 4.90 Å². The highest BCUT2D eigenvalue weighted by Gasteiger charge is 2.38. The summed E-state index contributed by atoms with van der Waals surface area (Å²) in [6.07, 6.45) is 0. The quantitative estimate of drug-likeness (QED) is 0.501. The molecule has 0 N–H and O–H groups in total. The van der Waals surface area contributed by atoms with Crippen molar-refractivity contribution in [2.24, 2.45) is 0 Å². The lowest BCUT2D eigenvalue weighted by Crippen LogP contribution is -2.53. The first-order valence-electron chi connectivity index (χ1n) is 5.12. The molecule has 6 nitrogen and oxygen atoms in total. The molecule has 0 radical (unpaired) electrons. The van der Waals surface area contributed by atoms with E-state index in [1.807, 2.05) is 0 Å². The second-order valence-corrected chi connectivity index (χ2v) is 7.07. The Bertz CT molecular complexity index is 406. The first kappa shape index (κ1) is 14.3. The number of amides is 1. The summed E-state index contributed by atoms with van der Waals surface area (Å²) in [5.41, 5.74) is 0. The van der Waals surface area contributed by atoms with E-state index in [9.17, 15) is 18.0 Å². The third-order valence-electron chi connectivity index (χ3n) is 2.52. The van der Waals surface area contributed by atoms with Crippen molar-refractivity contribution in [3.63, 3.8) is 0 Å². The molecule has 0 aromatic rings. The molecular weight excluding hydrogens is 266 g/mol. The van der Waals surface area contributed by atoms with Crippen molar-refractivity contribution < 1.29 is 22.7 Å². The molecule has 8 heteroatoms. The standard InChI is InChI=1S/C9H15NO5S2/c1-3-17(13,14)7-6-16-5-4-10(7)8(11)9(12)15-2/h7H,3-6H2,1-2H3. The number of thioether (sulfide) groups is 1. The Labute approximate surface area is 105 Å². The number of carbonyl (C=O) groups excluding carboxylic acids is 2. The van der Waals surface area contributed by atoms with E-state index in [4.69, 9.17) is 0 Å². The minimum Gasteiger partial charge on any atom is -0.462 e. The summed E-state index contributed by atoms with van der Waals surface area (Å²) in [5, 5.41) is -0.919. The number of esters is 1. The van der Waals surface area contributed by atoms with Crippen LogP contribution in [0.25, 0.3) is 0 Å². The van der Waals surface area contributed by atoms with Crippen molar-refractivity contribution >= 4 is 33.5 Å². The molecule has 1 unspecified atom stereocenters. The summed E-state index contributed by atoms with van der Waals surface area (Å²) in [6.45, 7) is 1.78. The van der Waals surface area contributed by atoms with Crippen LogP contribution in [0.1, 0.15) is 6.92 Å². The second-order valence-electron chi connectivity index (χ2n) is 3.47. The van der Waals surface area contributed by atoms with Crippen LogP contribution in [0.15, 0.2) is 0 Å². The van der Waals surface area contributed by atoms with Crippen molar-refractivity contribution in [2.75, 3.05) is 30.9 Å². The van der Waals surface area contributed by atoms with Crippen LogP contribution < -0.4 is 0 Å². The van der Waals surface area contributed by atoms with Crippen LogP contribution >= 0.6 is 11.8 Å². The number of hydrogen-bond acceptors (Lipinski definition) is 6. The van der Waals surface area contributed by atoms with Gasteiger partial charge in [-0.1, -0.05) is 6.92 Å². The summed E-state index contributed by atoms with van der Waals surface area (Å²) < 4.78 is 28.0. The summed E-state index contributed by atoms with van der Waals surface area (Å²) in [4.78, 5) is 23.9. The Morgan fingerprint density at radius 1 is 1.47 bits per heavy atom. The predicted octanol–water partition coefficient (Wildman–Crippen LogP) is -0.504. The summed E-state index contributed by atoms with van der Waals surface area (Å²) in [7, 11) is -2.28. The van der Waals surface area contributed by atoms with E-state index >= 15 is 0 Å². The maximum atomic E-state index is 11.8. The highest BCUT2D eigenvalue weighted by molar-refractivity contribution is 8.01. The zero-order chi connectivity index (χ0) is 13.1. The SMILES string of the molecule is CCS(=O)(=O)C1CSCCN1C(=O)C(=O)OC. The number of carbonyl (C=O) groups is 2. The maximum Gasteiger partial charge on any atom is 0.396 e. The van der Waals surface area contributed by atoms with Crippen LogP contribution in [0.5, 0.6) is 0 Å². The van der Waals surface area contributed by atoms with Gasteiger partial charge in [0.05, 0.1) is 7.11 Å². The third-order valence-corrected chi connectivity index (χ3v) is 5.81. The first-order chi connectivity index (χ1) is 7.94. The number of methoxy groups -OCH3 is 1. The van der Waals surface area contributed by atoms with E-state index in [1.54, 1.807) is 0 Å². The van der Waals surface area contributed by atoms with Crippen molar-refractivity contribution in [2.45, 2.75) is 12.3 Å². The molecule has 0 bridgehead atoms. The normalized spacial score (nSPS) is 21.1. The number of ether oxygens (including phenoxy) is 1. The molecule has 1 saturated heterocycles. The molecule has 1 amide bonds. The fourth-order valence-corrected chi connectivity index (χ4v) is 4.47. The van der Waals surface area contributed by atoms with Gasteiger partial charge in [-0.3, -0.25) is 4.79 Å². The van der Waals surface area contributed by atoms with Crippen LogP contribution in [0.4, 0.5) is 0 Å². The van der Waals surface area contributed by atoms with Crippen molar-refractivity contribution in [3.8, 4) is 0 Å². The van der Waals surface area contributed by atoms with E-state index in [1.165, 1.54) is 18.7 Å². The van der Waals surface area contributed by atoms with Crippen LogP contribution in [0.3, 0.4) is 0 Å². The Morgan fingerprint density at radius 2 is 2.12 bits per heavy atom. The maximum absolute atomic E-state index is 11.8. The lowest BCUT2D eigenvalue weighted by molar-refractivity contribution is -0.158. The minimum absolute atomic E-state index is 0.0524. The van der Waals surface area contributed by atoms with Gasteiger partial charge in [0.15, 0.2) is 9.84 Å². The van der Waals surface area contributed by atoms with Gasteiger partial charge in [0.25, 0.3) is 0 Å². The Morgan fingerprint density at radius 3 is 2.65 bits per heavy atom. The molecule has 1 atom stereocenters. The first-order valence-corrected chi connectivity index (χ1v) is 7.99. The predicted molar refractivity (Wildman–Crippen MR) is 64.3 cm³/mol. The molecular formula is C9H15NO5S2. The van der Waals surface area contributed by atoms with Gasteiger partial charge in [-0.15, -0.1) is 0 Å². The van der Waals surface area contributed by atoms with Gasteiger partial charge in [0.2, 0.25) is 0 Å². The number of hydrogen-bond donors (Lipinski definition) is 0. The van der Waals surface area contributed by atoms with E-state index in [-0.39, 0.29) is 12.3 Å². The average Bonchev–Trinajstić information content (AvgIpc) is 2.36. The molecule has 98 valence electrons. The molecule has 17 heavy (non-hydrogen) atoms. The van der Waals surface area contributed by atoms with E-state index in [0.29, 0.717) is 11.5 Å². The molecule has 0 aromatic carbocycles. The largest absolute Gasteiger partial charge is 0.462 e. The smallest absolute Gasteiger partial charge is 0.396 e. The fourth-order valence-electron chi connectivity index (χ4n) is 1.51. The zero-order valence-electron chi connectivity index (χ0n) is 9.71. The van der Waals surface area contributed by atoms with Crippen molar-refractivity contribution in [1.29, 1.82) is 0 Å². The molecule has 1 rings (SSSR count). The van der Waals surface area contributed by atoms with Gasteiger partial charge in [0, 0.05) is 23.8 Å². The van der Waals surface area contributed by atoms with Crippen LogP contribution in [-0.4, -0.2) is 61.5 Å². The summed E-state index contributed by atoms with van der Waals surface area (Å²) in [6, 6.07) is 0. The number of sulfone groups is 1. The molecule has 0 saturated carbocycles. The molecule has 1 aliphatic rings. The summed E-state index contributed by atoms with van der Waals surface area (Å²) in [5.74, 6) is -1.02. The van der Waals surface area contributed by atoms with Gasteiger partial charge in [0.1, 0.15) is 5.37 Å². The van der Waals surface area contributed by atoms with Gasteiger partial charge < -0.3 is 9.64 Å². The van der Waals surface area contributed by atoms with E-state index < -0.39 is 27.1 Å². The minimum atomic E-state index is -3.38. The van der Waals surface area contributed by atoms with Crippen LogP contribution in [0, 0.1) is 0 Å². The number of nitrogens with zero attached hydrogens (tertiary/aromatic N) is 1. The fraction of sp³-hybridized carbons (Fsp3) is 0.778. The van der Waals surface area contributed by atoms with Gasteiger partial charge >= 0.3 is 11.9 Å².